The summed E-state index contributed by atoms with van der Waals surface area (Å²) in [5, 5.41) is 0. The van der Waals surface area contributed by atoms with Crippen LogP contribution in [0.5, 0.6) is 5.75 Å². The van der Waals surface area contributed by atoms with Crippen molar-refractivity contribution >= 4 is 6.04 Å². The zero-order valence-corrected chi connectivity index (χ0v) is 17.6. The summed E-state index contributed by atoms with van der Waals surface area (Å²) in [5.74, 6) is -11.8. The molecule has 0 aliphatic carbocycles. The maximum Gasteiger partial charge on any atom is 0.429 e. The van der Waals surface area contributed by atoms with Crippen LogP contribution in [0.2, 0.25) is 0 Å². The number of rotatable bonds is 6. The number of hydrogen-bond acceptors (Lipinski definition) is 2. The number of hydrogen-bond donors (Lipinski definition) is 0. The van der Waals surface area contributed by atoms with Crippen LogP contribution in [0, 0.1) is 40.7 Å². The van der Waals surface area contributed by atoms with Gasteiger partial charge in [-0.1, -0.05) is 19.4 Å². The summed E-state index contributed by atoms with van der Waals surface area (Å²) in [5.41, 5.74) is -1.98. The Morgan fingerprint density at radius 2 is 1.37 bits per heavy atom. The molecule has 2 nitrogen and oxygen atoms in total. The van der Waals surface area contributed by atoms with Crippen molar-refractivity contribution in [2.24, 2.45) is 0 Å². The molecule has 188 valence electrons. The molecule has 0 N–H and O–H groups in total. The van der Waals surface area contributed by atoms with Gasteiger partial charge in [-0.15, -0.1) is 0 Å². The highest BCUT2D eigenvalue weighted by Gasteiger charge is 2.38. The van der Waals surface area contributed by atoms with E-state index in [2.05, 4.69) is 4.74 Å². The third-order valence-corrected chi connectivity index (χ3v) is 4.35. The molecule has 0 aliphatic rings. The molecule has 0 aliphatic heterocycles. The second-order valence-corrected chi connectivity index (χ2v) is 6.87. The fourth-order valence-electron chi connectivity index (χ4n) is 2.70. The van der Waals surface area contributed by atoms with Gasteiger partial charge in [-0.05, 0) is 36.2 Å². The van der Waals surface area contributed by atoms with Crippen molar-refractivity contribution < 1.29 is 53.4 Å². The second-order valence-electron chi connectivity index (χ2n) is 6.87. The quantitative estimate of drug-likeness (QED) is 0.194. The fourth-order valence-corrected chi connectivity index (χ4v) is 2.70. The largest absolute Gasteiger partial charge is 0.429 e. The van der Waals surface area contributed by atoms with Gasteiger partial charge in [0.15, 0.2) is 34.9 Å². The molecule has 3 aromatic rings. The standard InChI is InChI=1S/C14H5F7O2.C9H9F3/c15-9-3-6(13(19)22)1-2-8(9)14(20,21)23-7-4-10(16)12(18)11(17)5-7;1-2-3-6-4-5-7(10)9(12)8(6)11/h1-5H;4-5H,2-3H2,1H3. The van der Waals surface area contributed by atoms with Crippen molar-refractivity contribution in [2.45, 2.75) is 25.9 Å². The molecule has 3 aromatic carbocycles. The summed E-state index contributed by atoms with van der Waals surface area (Å²) in [6.45, 7) is 1.85. The average Bonchev–Trinajstić information content (AvgIpc) is 2.77. The smallest absolute Gasteiger partial charge is 0.429 e. The highest BCUT2D eigenvalue weighted by molar-refractivity contribution is 5.88. The van der Waals surface area contributed by atoms with Gasteiger partial charge in [0.2, 0.25) is 0 Å². The van der Waals surface area contributed by atoms with Crippen LogP contribution in [0.4, 0.5) is 43.9 Å². The molecule has 3 rings (SSSR count). The van der Waals surface area contributed by atoms with Crippen molar-refractivity contribution in [3.8, 4) is 5.75 Å². The van der Waals surface area contributed by atoms with Crippen molar-refractivity contribution in [1.82, 2.24) is 0 Å². The number of aryl methyl sites for hydroxylation is 1. The van der Waals surface area contributed by atoms with E-state index >= 15 is 0 Å². The highest BCUT2D eigenvalue weighted by atomic mass is 19.3. The van der Waals surface area contributed by atoms with E-state index in [9.17, 15) is 48.7 Å². The average molecular weight is 512 g/mol. The predicted octanol–water partition coefficient (Wildman–Crippen LogP) is 7.54. The molecular weight excluding hydrogens is 498 g/mol. The summed E-state index contributed by atoms with van der Waals surface area (Å²) >= 11 is 0. The van der Waals surface area contributed by atoms with E-state index in [1.54, 1.807) is 0 Å². The van der Waals surface area contributed by atoms with E-state index in [1.807, 2.05) is 6.92 Å². The molecule has 12 heteroatoms. The molecule has 35 heavy (non-hydrogen) atoms. The summed E-state index contributed by atoms with van der Waals surface area (Å²) in [6.07, 6.45) is -3.27. The molecular formula is C23H14F10O2. The molecule has 0 heterocycles. The molecule has 0 aromatic heterocycles. The van der Waals surface area contributed by atoms with E-state index < -0.39 is 69.7 Å². The maximum absolute atomic E-state index is 13.8. The van der Waals surface area contributed by atoms with Gasteiger partial charge < -0.3 is 4.74 Å². The number of carbonyl (C=O) groups is 1. The lowest BCUT2D eigenvalue weighted by molar-refractivity contribution is -0.187. The van der Waals surface area contributed by atoms with Crippen LogP contribution >= 0.6 is 0 Å². The van der Waals surface area contributed by atoms with E-state index in [0.717, 1.165) is 6.07 Å². The summed E-state index contributed by atoms with van der Waals surface area (Å²) in [6, 6.07) is 1.62. The number of ether oxygens (including phenoxy) is 1. The van der Waals surface area contributed by atoms with Crippen LogP contribution in [0.25, 0.3) is 0 Å². The maximum atomic E-state index is 13.8. The third kappa shape index (κ3) is 6.74. The summed E-state index contributed by atoms with van der Waals surface area (Å²) < 4.78 is 134. The Hall–Kier alpha value is -3.57. The van der Waals surface area contributed by atoms with Crippen molar-refractivity contribution in [3.63, 3.8) is 0 Å². The van der Waals surface area contributed by atoms with Gasteiger partial charge in [0.25, 0.3) is 0 Å². The van der Waals surface area contributed by atoms with Gasteiger partial charge in [0, 0.05) is 12.1 Å². The highest BCUT2D eigenvalue weighted by Crippen LogP contribution is 2.34. The first-order chi connectivity index (χ1) is 16.3. The molecule has 0 fully saturated rings. The van der Waals surface area contributed by atoms with Crippen LogP contribution in [-0.4, -0.2) is 6.04 Å². The molecule has 0 saturated carbocycles. The van der Waals surface area contributed by atoms with Crippen LogP contribution in [0.15, 0.2) is 42.5 Å². The van der Waals surface area contributed by atoms with Crippen LogP contribution < -0.4 is 4.74 Å². The molecule has 0 unspecified atom stereocenters. The van der Waals surface area contributed by atoms with Gasteiger partial charge in [-0.3, -0.25) is 4.79 Å². The number of halogens is 10. The van der Waals surface area contributed by atoms with Gasteiger partial charge >= 0.3 is 12.1 Å². The van der Waals surface area contributed by atoms with Crippen LogP contribution in [0.3, 0.4) is 0 Å². The first-order valence-electron chi connectivity index (χ1n) is 9.62. The lowest BCUT2D eigenvalue weighted by atomic mass is 10.1. The van der Waals surface area contributed by atoms with Crippen LogP contribution in [-0.2, 0) is 12.5 Å². The Morgan fingerprint density at radius 1 is 0.771 bits per heavy atom. The number of carbonyl (C=O) groups excluding carboxylic acids is 1. The Morgan fingerprint density at radius 3 is 1.89 bits per heavy atom. The number of alkyl halides is 2. The zero-order chi connectivity index (χ0) is 26.5. The summed E-state index contributed by atoms with van der Waals surface area (Å²) in [4.78, 5) is 10.4. The normalized spacial score (nSPS) is 11.1. The topological polar surface area (TPSA) is 26.3 Å². The Bertz CT molecular complexity index is 1200. The van der Waals surface area contributed by atoms with Crippen molar-refractivity contribution in [3.05, 3.63) is 99.9 Å². The van der Waals surface area contributed by atoms with Gasteiger partial charge in [0.05, 0.1) is 11.1 Å². The van der Waals surface area contributed by atoms with Crippen LogP contribution in [0.1, 0.15) is 34.8 Å². The number of benzene rings is 3. The molecule has 0 bridgehead atoms. The van der Waals surface area contributed by atoms with E-state index in [0.29, 0.717) is 25.0 Å². The minimum Gasteiger partial charge on any atom is -0.429 e. The molecule has 0 spiro atoms. The minimum atomic E-state index is -4.42. The lowest BCUT2D eigenvalue weighted by Crippen LogP contribution is -2.24. The van der Waals surface area contributed by atoms with E-state index in [1.165, 1.54) is 6.07 Å². The van der Waals surface area contributed by atoms with Gasteiger partial charge in [0.1, 0.15) is 11.6 Å². The third-order valence-electron chi connectivity index (χ3n) is 4.35. The second kappa shape index (κ2) is 11.2. The molecule has 0 saturated heterocycles. The first-order valence-corrected chi connectivity index (χ1v) is 9.62. The monoisotopic (exact) mass is 512 g/mol. The molecule has 0 amide bonds. The minimum absolute atomic E-state index is 0.143. The van der Waals surface area contributed by atoms with Gasteiger partial charge in [-0.2, -0.15) is 13.2 Å². The van der Waals surface area contributed by atoms with Crippen molar-refractivity contribution in [1.29, 1.82) is 0 Å². The van der Waals surface area contributed by atoms with E-state index in [-0.39, 0.29) is 23.8 Å². The fraction of sp³-hybridized carbons (Fsp3) is 0.174. The first kappa shape index (κ1) is 27.7. The zero-order valence-electron chi connectivity index (χ0n) is 17.6. The molecule has 0 radical (unpaired) electrons. The Labute approximate surface area is 191 Å². The SMILES string of the molecule is CCCc1ccc(F)c(F)c1F.O=C(F)c1ccc(C(F)(F)Oc2cc(F)c(F)c(F)c2)c(F)c1. The predicted molar refractivity (Wildman–Crippen MR) is 103 cm³/mol. The molecule has 0 atom stereocenters. The Balaban J connectivity index is 0.000000303. The Kier molecular flexibility index (Phi) is 8.88. The lowest BCUT2D eigenvalue weighted by Gasteiger charge is -2.19. The van der Waals surface area contributed by atoms with Crippen molar-refractivity contribution in [2.75, 3.05) is 0 Å². The van der Waals surface area contributed by atoms with Gasteiger partial charge in [-0.25, -0.2) is 30.7 Å². The summed E-state index contributed by atoms with van der Waals surface area (Å²) in [7, 11) is 0. The van der Waals surface area contributed by atoms with E-state index in [4.69, 9.17) is 0 Å².